The maximum absolute atomic E-state index is 5.27. The average Bonchev–Trinajstić information content (AvgIpc) is 2.21. The van der Waals surface area contributed by atoms with Crippen LogP contribution >= 0.6 is 0 Å². The fraction of sp³-hybridized carbons (Fsp3) is 0.500. The number of ether oxygens (including phenoxy) is 1. The van der Waals surface area contributed by atoms with Crippen LogP contribution in [0.25, 0.3) is 0 Å². The summed E-state index contributed by atoms with van der Waals surface area (Å²) in [5.41, 5.74) is 1.02. The first-order valence-corrected chi connectivity index (χ1v) is 4.57. The SMILES string of the molecule is [c]1cccnc1CN1CCOCC1. The van der Waals surface area contributed by atoms with Crippen LogP contribution in [-0.4, -0.2) is 36.2 Å². The van der Waals surface area contributed by atoms with E-state index in [-0.39, 0.29) is 0 Å². The van der Waals surface area contributed by atoms with Gasteiger partial charge in [-0.25, -0.2) is 0 Å². The molecule has 13 heavy (non-hydrogen) atoms. The van der Waals surface area contributed by atoms with Crippen molar-refractivity contribution in [1.29, 1.82) is 0 Å². The van der Waals surface area contributed by atoms with Crippen LogP contribution in [-0.2, 0) is 11.3 Å². The van der Waals surface area contributed by atoms with E-state index in [9.17, 15) is 0 Å². The highest BCUT2D eigenvalue weighted by molar-refractivity contribution is 5.01. The molecule has 1 fully saturated rings. The summed E-state index contributed by atoms with van der Waals surface area (Å²) in [5.74, 6) is 0. The van der Waals surface area contributed by atoms with Crippen molar-refractivity contribution >= 4 is 0 Å². The molecule has 69 valence electrons. The lowest BCUT2D eigenvalue weighted by Gasteiger charge is -2.25. The fourth-order valence-corrected chi connectivity index (χ4v) is 1.42. The van der Waals surface area contributed by atoms with Crippen molar-refractivity contribution in [2.45, 2.75) is 6.54 Å². The van der Waals surface area contributed by atoms with Crippen molar-refractivity contribution in [2.24, 2.45) is 0 Å². The van der Waals surface area contributed by atoms with Crippen molar-refractivity contribution in [2.75, 3.05) is 26.3 Å². The number of pyridine rings is 1. The Kier molecular flexibility index (Phi) is 2.90. The molecule has 1 aliphatic rings. The molecule has 0 amide bonds. The summed E-state index contributed by atoms with van der Waals surface area (Å²) in [6, 6.07) is 6.92. The standard InChI is InChI=1S/C10H13N2O/c1-2-4-11-10(3-1)9-12-5-7-13-8-6-12/h1-2,4H,5-9H2. The van der Waals surface area contributed by atoms with Crippen LogP contribution in [0, 0.1) is 6.07 Å². The van der Waals surface area contributed by atoms with Crippen molar-refractivity contribution < 1.29 is 4.74 Å². The van der Waals surface area contributed by atoms with E-state index in [4.69, 9.17) is 4.74 Å². The van der Waals surface area contributed by atoms with Crippen molar-refractivity contribution in [3.05, 3.63) is 30.1 Å². The molecule has 1 aliphatic heterocycles. The van der Waals surface area contributed by atoms with Gasteiger partial charge in [0.05, 0.1) is 18.9 Å². The third-order valence-corrected chi connectivity index (χ3v) is 2.14. The molecule has 0 aromatic carbocycles. The van der Waals surface area contributed by atoms with Gasteiger partial charge in [0.15, 0.2) is 0 Å². The van der Waals surface area contributed by atoms with Gasteiger partial charge in [0.1, 0.15) is 0 Å². The van der Waals surface area contributed by atoms with Gasteiger partial charge in [0.2, 0.25) is 0 Å². The average molecular weight is 177 g/mol. The molecule has 1 saturated heterocycles. The van der Waals surface area contributed by atoms with E-state index in [1.807, 2.05) is 18.3 Å². The van der Waals surface area contributed by atoms with E-state index < -0.39 is 0 Å². The number of morpholine rings is 1. The third kappa shape index (κ3) is 2.50. The van der Waals surface area contributed by atoms with Crippen molar-refractivity contribution in [3.63, 3.8) is 0 Å². The molecule has 1 aromatic heterocycles. The van der Waals surface area contributed by atoms with Crippen LogP contribution in [0.3, 0.4) is 0 Å². The second-order valence-electron chi connectivity index (χ2n) is 3.12. The van der Waals surface area contributed by atoms with Gasteiger partial charge in [-0.1, -0.05) is 6.07 Å². The zero-order valence-corrected chi connectivity index (χ0v) is 7.57. The topological polar surface area (TPSA) is 25.4 Å². The van der Waals surface area contributed by atoms with Crippen LogP contribution < -0.4 is 0 Å². The smallest absolute Gasteiger partial charge is 0.0622 e. The number of nitrogens with zero attached hydrogens (tertiary/aromatic N) is 2. The zero-order valence-electron chi connectivity index (χ0n) is 7.57. The highest BCUT2D eigenvalue weighted by Crippen LogP contribution is 2.02. The highest BCUT2D eigenvalue weighted by Gasteiger charge is 2.10. The molecule has 0 aliphatic carbocycles. The van der Waals surface area contributed by atoms with Gasteiger partial charge in [-0.15, -0.1) is 0 Å². The second kappa shape index (κ2) is 4.35. The first-order chi connectivity index (χ1) is 6.45. The fourth-order valence-electron chi connectivity index (χ4n) is 1.42. The molecule has 0 atom stereocenters. The molecule has 0 unspecified atom stereocenters. The lowest BCUT2D eigenvalue weighted by molar-refractivity contribution is 0.0336. The molecule has 3 heteroatoms. The minimum Gasteiger partial charge on any atom is -0.379 e. The predicted octanol–water partition coefficient (Wildman–Crippen LogP) is 0.714. The maximum Gasteiger partial charge on any atom is 0.0622 e. The van der Waals surface area contributed by atoms with E-state index in [1.54, 1.807) is 0 Å². The Labute approximate surface area is 78.3 Å². The van der Waals surface area contributed by atoms with Crippen LogP contribution in [0.5, 0.6) is 0 Å². The summed E-state index contributed by atoms with van der Waals surface area (Å²) < 4.78 is 5.27. The third-order valence-electron chi connectivity index (χ3n) is 2.14. The van der Waals surface area contributed by atoms with Gasteiger partial charge in [0, 0.05) is 31.9 Å². The van der Waals surface area contributed by atoms with Crippen LogP contribution in [0.15, 0.2) is 18.3 Å². The van der Waals surface area contributed by atoms with Gasteiger partial charge in [-0.2, -0.15) is 0 Å². The summed E-state index contributed by atoms with van der Waals surface area (Å²) in [7, 11) is 0. The number of hydrogen-bond acceptors (Lipinski definition) is 3. The van der Waals surface area contributed by atoms with Crippen molar-refractivity contribution in [3.8, 4) is 0 Å². The Morgan fingerprint density at radius 2 is 2.31 bits per heavy atom. The Morgan fingerprint density at radius 3 is 3.00 bits per heavy atom. The Hall–Kier alpha value is -0.930. The summed E-state index contributed by atoms with van der Waals surface area (Å²) in [6.45, 7) is 4.58. The largest absolute Gasteiger partial charge is 0.379 e. The van der Waals surface area contributed by atoms with Gasteiger partial charge in [0.25, 0.3) is 0 Å². The van der Waals surface area contributed by atoms with Crippen LogP contribution in [0.1, 0.15) is 5.69 Å². The van der Waals surface area contributed by atoms with E-state index in [0.29, 0.717) is 0 Å². The second-order valence-corrected chi connectivity index (χ2v) is 3.12. The van der Waals surface area contributed by atoms with Gasteiger partial charge < -0.3 is 4.74 Å². The monoisotopic (exact) mass is 177 g/mol. The van der Waals surface area contributed by atoms with Crippen LogP contribution in [0.4, 0.5) is 0 Å². The first kappa shape index (κ1) is 8.66. The number of hydrogen-bond donors (Lipinski definition) is 0. The Morgan fingerprint density at radius 1 is 1.46 bits per heavy atom. The summed E-state index contributed by atoms with van der Waals surface area (Å²) >= 11 is 0. The van der Waals surface area contributed by atoms with Crippen molar-refractivity contribution in [1.82, 2.24) is 9.88 Å². The van der Waals surface area contributed by atoms with Gasteiger partial charge in [-0.05, 0) is 6.07 Å². The molecule has 1 radical (unpaired) electrons. The minimum atomic E-state index is 0.840. The lowest BCUT2D eigenvalue weighted by atomic mass is 10.3. The molecular formula is C10H13N2O. The molecule has 0 saturated carbocycles. The number of aromatic nitrogens is 1. The maximum atomic E-state index is 5.27. The van der Waals surface area contributed by atoms with Crippen LogP contribution in [0.2, 0.25) is 0 Å². The summed E-state index contributed by atoms with van der Waals surface area (Å²) in [6.07, 6.45) is 1.81. The molecule has 0 bridgehead atoms. The number of rotatable bonds is 2. The molecule has 1 aromatic rings. The first-order valence-electron chi connectivity index (χ1n) is 4.57. The molecule has 3 nitrogen and oxygen atoms in total. The van der Waals surface area contributed by atoms with Gasteiger partial charge >= 0.3 is 0 Å². The Balaban J connectivity index is 1.90. The Bertz CT molecular complexity index is 244. The zero-order chi connectivity index (χ0) is 8.93. The quantitative estimate of drug-likeness (QED) is 0.665. The normalized spacial score (nSPS) is 18.8. The van der Waals surface area contributed by atoms with Gasteiger partial charge in [-0.3, -0.25) is 9.88 Å². The summed E-state index contributed by atoms with van der Waals surface area (Å²) in [5, 5.41) is 0. The minimum absolute atomic E-state index is 0.840. The molecule has 2 heterocycles. The molecule has 2 rings (SSSR count). The van der Waals surface area contributed by atoms with E-state index in [0.717, 1.165) is 38.5 Å². The molecule has 0 spiro atoms. The summed E-state index contributed by atoms with van der Waals surface area (Å²) in [4.78, 5) is 6.57. The molecule has 0 N–H and O–H groups in total. The van der Waals surface area contributed by atoms with E-state index in [1.165, 1.54) is 0 Å². The lowest BCUT2D eigenvalue weighted by Crippen LogP contribution is -2.35. The predicted molar refractivity (Wildman–Crippen MR) is 49.2 cm³/mol. The molecular weight excluding hydrogens is 164 g/mol. The highest BCUT2D eigenvalue weighted by atomic mass is 16.5. The van der Waals surface area contributed by atoms with E-state index in [2.05, 4.69) is 16.0 Å². The van der Waals surface area contributed by atoms with E-state index >= 15 is 0 Å².